The molecular formula is C11H12F3N3O2S. The van der Waals surface area contributed by atoms with E-state index in [-0.39, 0.29) is 22.5 Å². The van der Waals surface area contributed by atoms with E-state index in [4.69, 9.17) is 0 Å². The fourth-order valence-electron chi connectivity index (χ4n) is 2.57. The summed E-state index contributed by atoms with van der Waals surface area (Å²) < 4.78 is 62.3. The van der Waals surface area contributed by atoms with E-state index in [9.17, 15) is 21.6 Å². The summed E-state index contributed by atoms with van der Waals surface area (Å²) in [6, 6.07) is 0.418. The molecule has 0 saturated carbocycles. The third-order valence-corrected chi connectivity index (χ3v) is 5.32. The fraction of sp³-hybridized carbons (Fsp3) is 0.545. The summed E-state index contributed by atoms with van der Waals surface area (Å²) in [6.07, 6.45) is -3.91. The number of hydrogen-bond acceptors (Lipinski definition) is 5. The zero-order valence-electron chi connectivity index (χ0n) is 10.3. The van der Waals surface area contributed by atoms with Crippen molar-refractivity contribution in [2.45, 2.75) is 17.1 Å². The number of alkyl halides is 3. The number of anilines is 1. The van der Waals surface area contributed by atoms with Crippen molar-refractivity contribution in [3.63, 3.8) is 0 Å². The Bertz CT molecular complexity index is 645. The summed E-state index contributed by atoms with van der Waals surface area (Å²) in [6.45, 7) is 1.67. The summed E-state index contributed by atoms with van der Waals surface area (Å²) in [5.74, 6) is -0.0496. The van der Waals surface area contributed by atoms with E-state index >= 15 is 0 Å². The Kier molecular flexibility index (Phi) is 2.94. The molecule has 1 saturated heterocycles. The Morgan fingerprint density at radius 1 is 1.40 bits per heavy atom. The van der Waals surface area contributed by atoms with Gasteiger partial charge in [-0.3, -0.25) is 0 Å². The molecule has 3 heterocycles. The molecule has 0 aromatic carbocycles. The molecule has 2 aliphatic heterocycles. The molecule has 9 heteroatoms. The number of halogens is 3. The molecule has 0 amide bonds. The predicted molar refractivity (Wildman–Crippen MR) is 65.3 cm³/mol. The lowest BCUT2D eigenvalue weighted by molar-refractivity contribution is -0.138. The average molecular weight is 307 g/mol. The van der Waals surface area contributed by atoms with Crippen molar-refractivity contribution in [3.8, 4) is 0 Å². The minimum atomic E-state index is -4.60. The van der Waals surface area contributed by atoms with Gasteiger partial charge < -0.3 is 10.2 Å². The Morgan fingerprint density at radius 2 is 2.15 bits per heavy atom. The molecule has 110 valence electrons. The number of pyridine rings is 1. The van der Waals surface area contributed by atoms with E-state index < -0.39 is 21.6 Å². The van der Waals surface area contributed by atoms with E-state index in [2.05, 4.69) is 10.3 Å². The minimum Gasteiger partial charge on any atom is -0.349 e. The number of rotatable bonds is 0. The quantitative estimate of drug-likeness (QED) is 0.763. The van der Waals surface area contributed by atoms with Crippen LogP contribution in [0, 0.1) is 0 Å². The molecule has 20 heavy (non-hydrogen) atoms. The van der Waals surface area contributed by atoms with Gasteiger partial charge in [0.25, 0.3) is 0 Å². The summed E-state index contributed by atoms with van der Waals surface area (Å²) in [4.78, 5) is 5.22. The van der Waals surface area contributed by atoms with Crippen molar-refractivity contribution in [1.29, 1.82) is 0 Å². The third-order valence-electron chi connectivity index (χ3n) is 3.53. The van der Waals surface area contributed by atoms with Crippen molar-refractivity contribution in [1.82, 2.24) is 10.3 Å². The maximum absolute atomic E-state index is 12.7. The van der Waals surface area contributed by atoms with E-state index in [0.717, 1.165) is 0 Å². The molecule has 0 spiro atoms. The number of sulfone groups is 1. The molecule has 5 nitrogen and oxygen atoms in total. The van der Waals surface area contributed by atoms with Gasteiger partial charge in [-0.05, 0) is 6.07 Å². The molecule has 1 fully saturated rings. The molecule has 1 aromatic rings. The number of fused-ring (bicyclic) bond motifs is 3. The van der Waals surface area contributed by atoms with Crippen LogP contribution >= 0.6 is 0 Å². The second kappa shape index (κ2) is 4.32. The molecule has 0 unspecified atom stereocenters. The molecule has 3 rings (SSSR count). The monoisotopic (exact) mass is 307 g/mol. The minimum absolute atomic E-state index is 0.135. The van der Waals surface area contributed by atoms with Gasteiger partial charge in [0.1, 0.15) is 10.7 Å². The topological polar surface area (TPSA) is 62.3 Å². The highest BCUT2D eigenvalue weighted by Crippen LogP contribution is 2.37. The summed E-state index contributed by atoms with van der Waals surface area (Å²) in [5, 5.41) is 3.07. The van der Waals surface area contributed by atoms with Crippen molar-refractivity contribution in [2.24, 2.45) is 0 Å². The van der Waals surface area contributed by atoms with Crippen molar-refractivity contribution in [3.05, 3.63) is 17.8 Å². The average Bonchev–Trinajstić information content (AvgIpc) is 2.37. The number of nitrogens with one attached hydrogen (secondary N) is 1. The van der Waals surface area contributed by atoms with Crippen molar-refractivity contribution < 1.29 is 21.6 Å². The highest BCUT2D eigenvalue weighted by molar-refractivity contribution is 7.91. The SMILES string of the molecule is O=S1(=O)C[C@H]2CNCCN2c2ncc(C(F)(F)F)cc21. The van der Waals surface area contributed by atoms with Crippen molar-refractivity contribution in [2.75, 3.05) is 30.3 Å². The first-order chi connectivity index (χ1) is 9.29. The van der Waals surface area contributed by atoms with Gasteiger partial charge in [0.2, 0.25) is 0 Å². The number of hydrogen-bond donors (Lipinski definition) is 1. The second-order valence-corrected chi connectivity index (χ2v) is 6.88. The van der Waals surface area contributed by atoms with Crippen LogP contribution in [0.4, 0.5) is 19.0 Å². The molecule has 0 aliphatic carbocycles. The first kappa shape index (κ1) is 13.6. The predicted octanol–water partition coefficient (Wildman–Crippen LogP) is 0.666. The lowest BCUT2D eigenvalue weighted by atomic mass is 10.2. The Hall–Kier alpha value is -1.35. The normalized spacial score (nSPS) is 24.9. The van der Waals surface area contributed by atoms with Crippen LogP contribution in [0.1, 0.15) is 5.56 Å². The standard InChI is InChI=1S/C11H12F3N3O2S/c12-11(13,14)7-3-9-10(16-4-7)17-2-1-15-5-8(17)6-20(9,18)19/h3-4,8,15H,1-2,5-6H2/t8-/m1/s1. The number of aromatic nitrogens is 1. The third kappa shape index (κ3) is 2.14. The number of nitrogens with zero attached hydrogens (tertiary/aromatic N) is 2. The first-order valence-corrected chi connectivity index (χ1v) is 7.71. The Balaban J connectivity index is 2.14. The summed E-state index contributed by atoms with van der Waals surface area (Å²) >= 11 is 0. The highest BCUT2D eigenvalue weighted by Gasteiger charge is 2.40. The zero-order valence-corrected chi connectivity index (χ0v) is 11.1. The molecule has 1 atom stereocenters. The van der Waals surface area contributed by atoms with E-state index in [0.29, 0.717) is 31.9 Å². The smallest absolute Gasteiger partial charge is 0.349 e. The van der Waals surface area contributed by atoms with Crippen LogP contribution in [0.2, 0.25) is 0 Å². The van der Waals surface area contributed by atoms with Gasteiger partial charge in [0.05, 0.1) is 17.4 Å². The summed E-state index contributed by atoms with van der Waals surface area (Å²) in [7, 11) is -3.74. The highest BCUT2D eigenvalue weighted by atomic mass is 32.2. The molecule has 1 N–H and O–H groups in total. The molecule has 1 aromatic heterocycles. The molecule has 2 aliphatic rings. The Labute approximate surface area is 113 Å². The van der Waals surface area contributed by atoms with Crippen LogP contribution in [0.25, 0.3) is 0 Å². The summed E-state index contributed by atoms with van der Waals surface area (Å²) in [5.41, 5.74) is -1.03. The maximum Gasteiger partial charge on any atom is 0.417 e. The van der Waals surface area contributed by atoms with Crippen LogP contribution in [-0.4, -0.2) is 44.8 Å². The van der Waals surface area contributed by atoms with Gasteiger partial charge in [-0.15, -0.1) is 0 Å². The number of piperazine rings is 1. The Morgan fingerprint density at radius 3 is 2.85 bits per heavy atom. The lowest BCUT2D eigenvalue weighted by Gasteiger charge is -2.40. The van der Waals surface area contributed by atoms with E-state index in [1.807, 2.05) is 0 Å². The zero-order chi connectivity index (χ0) is 14.5. The van der Waals surface area contributed by atoms with Crippen LogP contribution in [0.5, 0.6) is 0 Å². The van der Waals surface area contributed by atoms with Crippen molar-refractivity contribution >= 4 is 15.7 Å². The van der Waals surface area contributed by atoms with Crippen LogP contribution < -0.4 is 10.2 Å². The van der Waals surface area contributed by atoms with Gasteiger partial charge in [-0.25, -0.2) is 13.4 Å². The van der Waals surface area contributed by atoms with Crippen LogP contribution in [-0.2, 0) is 16.0 Å². The van der Waals surface area contributed by atoms with Gasteiger partial charge in [-0.2, -0.15) is 13.2 Å². The van der Waals surface area contributed by atoms with Crippen LogP contribution in [0.3, 0.4) is 0 Å². The van der Waals surface area contributed by atoms with E-state index in [1.165, 1.54) is 0 Å². The van der Waals surface area contributed by atoms with Gasteiger partial charge in [0, 0.05) is 25.8 Å². The van der Waals surface area contributed by atoms with Gasteiger partial charge >= 0.3 is 6.18 Å². The van der Waals surface area contributed by atoms with Gasteiger partial charge in [-0.1, -0.05) is 0 Å². The fourth-order valence-corrected chi connectivity index (χ4v) is 4.31. The largest absolute Gasteiger partial charge is 0.417 e. The molecule has 0 radical (unpaired) electrons. The van der Waals surface area contributed by atoms with Gasteiger partial charge in [0.15, 0.2) is 9.84 Å². The second-order valence-electron chi connectivity index (χ2n) is 4.88. The molecular weight excluding hydrogens is 295 g/mol. The lowest BCUT2D eigenvalue weighted by Crippen LogP contribution is -2.56. The maximum atomic E-state index is 12.7. The first-order valence-electron chi connectivity index (χ1n) is 6.06. The van der Waals surface area contributed by atoms with E-state index in [1.54, 1.807) is 4.90 Å². The molecule has 0 bridgehead atoms. The van der Waals surface area contributed by atoms with Crippen LogP contribution in [0.15, 0.2) is 17.2 Å².